The molecule has 138 valence electrons. The third-order valence-corrected chi connectivity index (χ3v) is 4.37. The molecule has 1 N–H and O–H groups in total. The Bertz CT molecular complexity index is 1010. The summed E-state index contributed by atoms with van der Waals surface area (Å²) in [5.74, 6) is 0.194. The lowest BCUT2D eigenvalue weighted by molar-refractivity contribution is -0.116. The summed E-state index contributed by atoms with van der Waals surface area (Å²) >= 11 is 6.00. The first-order valence-corrected chi connectivity index (χ1v) is 9.14. The molecule has 6 heteroatoms. The average molecular weight is 382 g/mol. The van der Waals surface area contributed by atoms with Crippen LogP contribution in [0.15, 0.2) is 59.4 Å². The van der Waals surface area contributed by atoms with Crippen molar-refractivity contribution in [1.29, 1.82) is 0 Å². The fourth-order valence-corrected chi connectivity index (χ4v) is 2.94. The van der Waals surface area contributed by atoms with Crippen LogP contribution >= 0.6 is 11.6 Å². The molecule has 1 aromatic heterocycles. The van der Waals surface area contributed by atoms with Crippen molar-refractivity contribution in [3.63, 3.8) is 0 Å². The highest BCUT2D eigenvalue weighted by molar-refractivity contribution is 6.30. The first kappa shape index (κ1) is 18.9. The van der Waals surface area contributed by atoms with Gasteiger partial charge in [0.1, 0.15) is 11.5 Å². The number of halogens is 1. The first-order valence-electron chi connectivity index (χ1n) is 8.76. The number of carbonyl (C=O) groups is 1. The van der Waals surface area contributed by atoms with Gasteiger partial charge in [0, 0.05) is 11.4 Å². The van der Waals surface area contributed by atoms with Crippen LogP contribution in [-0.4, -0.2) is 15.7 Å². The van der Waals surface area contributed by atoms with E-state index in [0.29, 0.717) is 40.5 Å². The predicted octanol–water partition coefficient (Wildman–Crippen LogP) is 4.60. The Hall–Kier alpha value is -2.92. The topological polar surface area (TPSA) is 64.0 Å². The summed E-state index contributed by atoms with van der Waals surface area (Å²) in [7, 11) is 0. The smallest absolute Gasteiger partial charge is 0.225 e. The number of benzene rings is 2. The zero-order valence-electron chi connectivity index (χ0n) is 15.2. The lowest BCUT2D eigenvalue weighted by Crippen LogP contribution is -2.24. The minimum Gasteiger partial charge on any atom is -0.310 e. The maximum Gasteiger partial charge on any atom is 0.225 e. The van der Waals surface area contributed by atoms with Gasteiger partial charge in [-0.1, -0.05) is 48.9 Å². The molecule has 0 aliphatic heterocycles. The second kappa shape index (κ2) is 8.18. The number of aryl methyl sites for hydroxylation is 1. The van der Waals surface area contributed by atoms with Crippen LogP contribution in [0.2, 0.25) is 5.02 Å². The van der Waals surface area contributed by atoms with Crippen molar-refractivity contribution < 1.29 is 4.79 Å². The summed E-state index contributed by atoms with van der Waals surface area (Å²) in [5, 5.41) is 7.89. The largest absolute Gasteiger partial charge is 0.310 e. The molecule has 3 rings (SSSR count). The van der Waals surface area contributed by atoms with Gasteiger partial charge in [-0.25, -0.2) is 4.68 Å². The molecule has 0 spiro atoms. The average Bonchev–Trinajstić information content (AvgIpc) is 2.67. The van der Waals surface area contributed by atoms with Crippen molar-refractivity contribution in [2.24, 2.45) is 0 Å². The SMILES string of the molecule is CCCC(=O)Nc1c(-c2ccc(Cl)cc2)c(=O)c(C)nn1-c1ccccc1. The highest BCUT2D eigenvalue weighted by Gasteiger charge is 2.20. The Balaban J connectivity index is 2.29. The molecule has 0 aliphatic carbocycles. The number of nitrogens with zero attached hydrogens (tertiary/aromatic N) is 2. The number of para-hydroxylation sites is 1. The molecule has 5 nitrogen and oxygen atoms in total. The van der Waals surface area contributed by atoms with E-state index < -0.39 is 0 Å². The predicted molar refractivity (Wildman–Crippen MR) is 109 cm³/mol. The van der Waals surface area contributed by atoms with Crippen molar-refractivity contribution in [2.45, 2.75) is 26.7 Å². The van der Waals surface area contributed by atoms with Gasteiger partial charge in [-0.15, -0.1) is 0 Å². The van der Waals surface area contributed by atoms with Gasteiger partial charge in [-0.2, -0.15) is 5.10 Å². The van der Waals surface area contributed by atoms with Gasteiger partial charge in [-0.05, 0) is 43.2 Å². The lowest BCUT2D eigenvalue weighted by Gasteiger charge is -2.18. The molecule has 2 aromatic carbocycles. The Morgan fingerprint density at radius 1 is 1.11 bits per heavy atom. The third-order valence-electron chi connectivity index (χ3n) is 4.12. The summed E-state index contributed by atoms with van der Waals surface area (Å²) in [6.45, 7) is 3.59. The van der Waals surface area contributed by atoms with Crippen molar-refractivity contribution >= 4 is 23.3 Å². The Labute approximate surface area is 162 Å². The number of rotatable bonds is 5. The number of aromatic nitrogens is 2. The van der Waals surface area contributed by atoms with Crippen LogP contribution in [0.25, 0.3) is 16.8 Å². The molecular formula is C21H20ClN3O2. The molecule has 0 saturated heterocycles. The van der Waals surface area contributed by atoms with Crippen LogP contribution in [0, 0.1) is 6.92 Å². The zero-order chi connectivity index (χ0) is 19.4. The van der Waals surface area contributed by atoms with E-state index in [1.165, 1.54) is 0 Å². The molecule has 1 amide bonds. The van der Waals surface area contributed by atoms with Crippen molar-refractivity contribution in [3.05, 3.63) is 75.5 Å². The molecule has 0 radical (unpaired) electrons. The summed E-state index contributed by atoms with van der Waals surface area (Å²) in [6, 6.07) is 16.4. The van der Waals surface area contributed by atoms with Crippen LogP contribution < -0.4 is 10.7 Å². The molecule has 0 unspecified atom stereocenters. The Morgan fingerprint density at radius 2 is 1.78 bits per heavy atom. The maximum atomic E-state index is 12.9. The number of nitrogens with one attached hydrogen (secondary N) is 1. The third kappa shape index (κ3) is 4.09. The minimum absolute atomic E-state index is 0.164. The van der Waals surface area contributed by atoms with E-state index in [1.807, 2.05) is 37.3 Å². The van der Waals surface area contributed by atoms with Crippen molar-refractivity contribution in [1.82, 2.24) is 9.78 Å². The molecule has 0 aliphatic rings. The number of hydrogen-bond donors (Lipinski definition) is 1. The molecule has 0 atom stereocenters. The highest BCUT2D eigenvalue weighted by atomic mass is 35.5. The van der Waals surface area contributed by atoms with Crippen LogP contribution in [0.1, 0.15) is 25.5 Å². The lowest BCUT2D eigenvalue weighted by atomic mass is 10.1. The molecule has 0 fully saturated rings. The minimum atomic E-state index is -0.226. The molecule has 1 heterocycles. The van der Waals surface area contributed by atoms with Gasteiger partial charge in [-0.3, -0.25) is 9.59 Å². The van der Waals surface area contributed by atoms with E-state index >= 15 is 0 Å². The molecule has 27 heavy (non-hydrogen) atoms. The number of carbonyl (C=O) groups excluding carboxylic acids is 1. The van der Waals surface area contributed by atoms with Gasteiger partial charge < -0.3 is 5.32 Å². The van der Waals surface area contributed by atoms with E-state index in [0.717, 1.165) is 5.69 Å². The quantitative estimate of drug-likeness (QED) is 0.702. The van der Waals surface area contributed by atoms with E-state index in [2.05, 4.69) is 10.4 Å². The molecule has 3 aromatic rings. The number of amides is 1. The van der Waals surface area contributed by atoms with Crippen molar-refractivity contribution in [3.8, 4) is 16.8 Å². The van der Waals surface area contributed by atoms with E-state index in [-0.39, 0.29) is 11.3 Å². The van der Waals surface area contributed by atoms with Gasteiger partial charge in [0.25, 0.3) is 0 Å². The van der Waals surface area contributed by atoms with Crippen LogP contribution in [0.4, 0.5) is 5.82 Å². The van der Waals surface area contributed by atoms with E-state index in [1.54, 1.807) is 35.9 Å². The van der Waals surface area contributed by atoms with Crippen LogP contribution in [0.3, 0.4) is 0 Å². The summed E-state index contributed by atoms with van der Waals surface area (Å²) < 4.78 is 1.61. The number of anilines is 1. The van der Waals surface area contributed by atoms with Crippen LogP contribution in [-0.2, 0) is 4.79 Å². The van der Waals surface area contributed by atoms with Gasteiger partial charge in [0.15, 0.2) is 0 Å². The molecular weight excluding hydrogens is 362 g/mol. The van der Waals surface area contributed by atoms with Crippen LogP contribution in [0.5, 0.6) is 0 Å². The second-order valence-electron chi connectivity index (χ2n) is 6.19. The highest BCUT2D eigenvalue weighted by Crippen LogP contribution is 2.28. The summed E-state index contributed by atoms with van der Waals surface area (Å²) in [6.07, 6.45) is 1.06. The number of hydrogen-bond acceptors (Lipinski definition) is 3. The zero-order valence-corrected chi connectivity index (χ0v) is 16.0. The standard InChI is InChI=1S/C21H20ClN3O2/c1-3-7-18(26)23-21-19(15-10-12-16(22)13-11-15)20(27)14(2)24-25(21)17-8-5-4-6-9-17/h4-6,8-13H,3,7H2,1-2H3,(H,23,26). The van der Waals surface area contributed by atoms with E-state index in [4.69, 9.17) is 11.6 Å². The molecule has 0 saturated carbocycles. The normalized spacial score (nSPS) is 10.6. The van der Waals surface area contributed by atoms with Gasteiger partial charge >= 0.3 is 0 Å². The van der Waals surface area contributed by atoms with Gasteiger partial charge in [0.2, 0.25) is 11.3 Å². The molecule has 0 bridgehead atoms. The van der Waals surface area contributed by atoms with E-state index in [9.17, 15) is 9.59 Å². The maximum absolute atomic E-state index is 12.9. The fraction of sp³-hybridized carbons (Fsp3) is 0.190. The Morgan fingerprint density at radius 3 is 2.41 bits per heavy atom. The Kier molecular flexibility index (Phi) is 5.72. The fourth-order valence-electron chi connectivity index (χ4n) is 2.82. The second-order valence-corrected chi connectivity index (χ2v) is 6.63. The first-order chi connectivity index (χ1) is 13.0. The monoisotopic (exact) mass is 381 g/mol. The van der Waals surface area contributed by atoms with Crippen molar-refractivity contribution in [2.75, 3.05) is 5.32 Å². The van der Waals surface area contributed by atoms with Gasteiger partial charge in [0.05, 0.1) is 11.3 Å². The summed E-state index contributed by atoms with van der Waals surface area (Å²) in [4.78, 5) is 25.3. The summed E-state index contributed by atoms with van der Waals surface area (Å²) in [5.41, 5.74) is 1.94.